The van der Waals surface area contributed by atoms with E-state index in [1.807, 2.05) is 0 Å². The third kappa shape index (κ3) is 5.30. The summed E-state index contributed by atoms with van der Waals surface area (Å²) in [6, 6.07) is 4.64. The summed E-state index contributed by atoms with van der Waals surface area (Å²) < 4.78 is 4.86. The van der Waals surface area contributed by atoms with Gasteiger partial charge in [-0.2, -0.15) is 0 Å². The van der Waals surface area contributed by atoms with E-state index in [9.17, 15) is 14.7 Å². The molecule has 5 heteroatoms. The highest BCUT2D eigenvalue weighted by Gasteiger charge is 2.14. The quantitative estimate of drug-likeness (QED) is 0.781. The summed E-state index contributed by atoms with van der Waals surface area (Å²) in [5, 5.41) is 12.3. The van der Waals surface area contributed by atoms with Gasteiger partial charge in [-0.25, -0.2) is 4.79 Å². The maximum absolute atomic E-state index is 11.7. The average Bonchev–Trinajstić information content (AvgIpc) is 2.35. The van der Waals surface area contributed by atoms with Crippen LogP contribution in [0.25, 0.3) is 0 Å². The number of carbonyl (C=O) groups excluding carboxylic acids is 2. The number of amides is 1. The first-order chi connectivity index (χ1) is 9.40. The molecule has 1 amide bonds. The van der Waals surface area contributed by atoms with Gasteiger partial charge >= 0.3 is 5.97 Å². The second-order valence-electron chi connectivity index (χ2n) is 5.13. The second kappa shape index (κ2) is 7.53. The monoisotopic (exact) mass is 279 g/mol. The third-order valence-electron chi connectivity index (χ3n) is 2.75. The highest BCUT2D eigenvalue weighted by molar-refractivity contribution is 5.93. The first-order valence-corrected chi connectivity index (χ1v) is 6.63. The maximum atomic E-state index is 11.7. The zero-order chi connectivity index (χ0) is 15.1. The topological polar surface area (TPSA) is 75.6 Å². The Hall–Kier alpha value is -2.04. The minimum absolute atomic E-state index is 0.0607. The largest absolute Gasteiger partial charge is 0.507 e. The molecule has 0 unspecified atom stereocenters. The summed E-state index contributed by atoms with van der Waals surface area (Å²) in [5.74, 6) is -0.690. The molecular weight excluding hydrogens is 258 g/mol. The van der Waals surface area contributed by atoms with Gasteiger partial charge < -0.3 is 15.2 Å². The van der Waals surface area contributed by atoms with Crippen molar-refractivity contribution in [3.63, 3.8) is 0 Å². The lowest BCUT2D eigenvalue weighted by atomic mass is 10.1. The van der Waals surface area contributed by atoms with Gasteiger partial charge in [0.15, 0.2) is 6.61 Å². The number of hydrogen-bond donors (Lipinski definition) is 2. The summed E-state index contributed by atoms with van der Waals surface area (Å²) in [4.78, 5) is 23.1. The summed E-state index contributed by atoms with van der Waals surface area (Å²) in [6.07, 6.45) is 0.873. The molecule has 1 rings (SSSR count). The zero-order valence-electron chi connectivity index (χ0n) is 12.1. The van der Waals surface area contributed by atoms with Crippen LogP contribution in [0.5, 0.6) is 5.75 Å². The zero-order valence-corrected chi connectivity index (χ0v) is 12.1. The van der Waals surface area contributed by atoms with Gasteiger partial charge in [-0.3, -0.25) is 4.79 Å². The highest BCUT2D eigenvalue weighted by Crippen LogP contribution is 2.19. The molecule has 0 aliphatic rings. The van der Waals surface area contributed by atoms with E-state index >= 15 is 0 Å². The SMILES string of the molecule is Cc1ccc(C(=O)OCC(=O)NCCC(C)C)c(O)c1. The van der Waals surface area contributed by atoms with Crippen LogP contribution in [0.1, 0.15) is 36.2 Å². The summed E-state index contributed by atoms with van der Waals surface area (Å²) >= 11 is 0. The molecule has 110 valence electrons. The summed E-state index contributed by atoms with van der Waals surface area (Å²) in [5.41, 5.74) is 0.899. The van der Waals surface area contributed by atoms with Gasteiger partial charge in [-0.15, -0.1) is 0 Å². The first kappa shape index (κ1) is 16.0. The molecule has 20 heavy (non-hydrogen) atoms. The Morgan fingerprint density at radius 2 is 2.05 bits per heavy atom. The number of esters is 1. The van der Waals surface area contributed by atoms with Gasteiger partial charge in [0.2, 0.25) is 0 Å². The molecule has 1 aromatic carbocycles. The molecule has 0 saturated carbocycles. The van der Waals surface area contributed by atoms with Crippen molar-refractivity contribution < 1.29 is 19.4 Å². The van der Waals surface area contributed by atoms with Crippen LogP contribution in [0, 0.1) is 12.8 Å². The number of aryl methyl sites for hydroxylation is 1. The number of carbonyl (C=O) groups is 2. The Labute approximate surface area is 118 Å². The van der Waals surface area contributed by atoms with Crippen LogP contribution in [-0.4, -0.2) is 30.1 Å². The van der Waals surface area contributed by atoms with Crippen molar-refractivity contribution >= 4 is 11.9 Å². The molecule has 5 nitrogen and oxygen atoms in total. The van der Waals surface area contributed by atoms with Crippen molar-refractivity contribution in [2.75, 3.05) is 13.2 Å². The van der Waals surface area contributed by atoms with E-state index in [1.165, 1.54) is 12.1 Å². The molecule has 0 aliphatic heterocycles. The van der Waals surface area contributed by atoms with E-state index in [1.54, 1.807) is 13.0 Å². The van der Waals surface area contributed by atoms with E-state index in [4.69, 9.17) is 4.74 Å². The average molecular weight is 279 g/mol. The molecule has 0 aromatic heterocycles. The van der Waals surface area contributed by atoms with E-state index in [2.05, 4.69) is 19.2 Å². The lowest BCUT2D eigenvalue weighted by Gasteiger charge is -2.08. The molecule has 0 saturated heterocycles. The van der Waals surface area contributed by atoms with Crippen molar-refractivity contribution in [1.29, 1.82) is 0 Å². The number of hydrogen-bond acceptors (Lipinski definition) is 4. The van der Waals surface area contributed by atoms with Gasteiger partial charge in [0.25, 0.3) is 5.91 Å². The fourth-order valence-corrected chi connectivity index (χ4v) is 1.57. The van der Waals surface area contributed by atoms with Crippen molar-refractivity contribution in [1.82, 2.24) is 5.32 Å². The van der Waals surface area contributed by atoms with Crippen LogP contribution in [-0.2, 0) is 9.53 Å². The van der Waals surface area contributed by atoms with E-state index in [0.717, 1.165) is 12.0 Å². The summed E-state index contributed by atoms with van der Waals surface area (Å²) in [7, 11) is 0. The Balaban J connectivity index is 2.41. The van der Waals surface area contributed by atoms with Crippen LogP contribution in [0.4, 0.5) is 0 Å². The lowest BCUT2D eigenvalue weighted by molar-refractivity contribution is -0.124. The Bertz CT molecular complexity index is 483. The third-order valence-corrected chi connectivity index (χ3v) is 2.75. The van der Waals surface area contributed by atoms with Gasteiger partial charge in [0.1, 0.15) is 11.3 Å². The molecule has 0 spiro atoms. The van der Waals surface area contributed by atoms with Gasteiger partial charge in [-0.05, 0) is 37.0 Å². The molecule has 1 aromatic rings. The van der Waals surface area contributed by atoms with Crippen molar-refractivity contribution in [2.45, 2.75) is 27.2 Å². The molecule has 2 N–H and O–H groups in total. The van der Waals surface area contributed by atoms with E-state index in [0.29, 0.717) is 12.5 Å². The van der Waals surface area contributed by atoms with Crippen molar-refractivity contribution in [3.05, 3.63) is 29.3 Å². The number of phenolic OH excluding ortho intramolecular Hbond substituents is 1. The van der Waals surface area contributed by atoms with Crippen LogP contribution in [0.3, 0.4) is 0 Å². The molecule has 0 atom stereocenters. The molecule has 0 radical (unpaired) electrons. The number of benzene rings is 1. The van der Waals surface area contributed by atoms with Crippen LogP contribution < -0.4 is 5.32 Å². The standard InChI is InChI=1S/C15H21NO4/c1-10(2)6-7-16-14(18)9-20-15(19)12-5-4-11(3)8-13(12)17/h4-5,8,10,17H,6-7,9H2,1-3H3,(H,16,18). The van der Waals surface area contributed by atoms with Gasteiger partial charge in [0.05, 0.1) is 0 Å². The molecule has 0 bridgehead atoms. The number of aromatic hydroxyl groups is 1. The van der Waals surface area contributed by atoms with Gasteiger partial charge in [0, 0.05) is 6.54 Å². The van der Waals surface area contributed by atoms with Crippen LogP contribution in [0.15, 0.2) is 18.2 Å². The fraction of sp³-hybridized carbons (Fsp3) is 0.467. The first-order valence-electron chi connectivity index (χ1n) is 6.63. The highest BCUT2D eigenvalue weighted by atomic mass is 16.5. The number of phenols is 1. The minimum atomic E-state index is -0.707. The molecule has 0 heterocycles. The minimum Gasteiger partial charge on any atom is -0.507 e. The Morgan fingerprint density at radius 3 is 2.65 bits per heavy atom. The smallest absolute Gasteiger partial charge is 0.342 e. The van der Waals surface area contributed by atoms with E-state index in [-0.39, 0.29) is 23.8 Å². The van der Waals surface area contributed by atoms with E-state index < -0.39 is 5.97 Å². The lowest BCUT2D eigenvalue weighted by Crippen LogP contribution is -2.30. The maximum Gasteiger partial charge on any atom is 0.342 e. The fourth-order valence-electron chi connectivity index (χ4n) is 1.57. The van der Waals surface area contributed by atoms with Crippen molar-refractivity contribution in [2.24, 2.45) is 5.92 Å². The Morgan fingerprint density at radius 1 is 1.35 bits per heavy atom. The molecule has 0 aliphatic carbocycles. The van der Waals surface area contributed by atoms with Crippen LogP contribution >= 0.6 is 0 Å². The number of ether oxygens (including phenoxy) is 1. The molecule has 0 fully saturated rings. The number of nitrogens with one attached hydrogen (secondary N) is 1. The molecular formula is C15H21NO4. The predicted octanol–water partition coefficient (Wildman–Crippen LogP) is 2.02. The van der Waals surface area contributed by atoms with Gasteiger partial charge in [-0.1, -0.05) is 19.9 Å². The van der Waals surface area contributed by atoms with Crippen molar-refractivity contribution in [3.8, 4) is 5.75 Å². The van der Waals surface area contributed by atoms with Crippen LogP contribution in [0.2, 0.25) is 0 Å². The normalized spacial score (nSPS) is 10.4. The Kier molecular flexibility index (Phi) is 6.03. The summed E-state index contributed by atoms with van der Waals surface area (Å²) in [6.45, 7) is 6.14. The predicted molar refractivity (Wildman–Crippen MR) is 75.6 cm³/mol. The second-order valence-corrected chi connectivity index (χ2v) is 5.13. The number of rotatable bonds is 6.